The lowest BCUT2D eigenvalue weighted by Gasteiger charge is -2.24. The van der Waals surface area contributed by atoms with Crippen LogP contribution in [-0.4, -0.2) is 85.1 Å². The van der Waals surface area contributed by atoms with E-state index in [2.05, 4.69) is 25.6 Å². The molecular weight excluding hydrogens is 448 g/mol. The number of nitrogens with zero attached hydrogens (tertiary/aromatic N) is 4. The first-order valence-electron chi connectivity index (χ1n) is 11.6. The summed E-state index contributed by atoms with van der Waals surface area (Å²) in [6.45, 7) is 1.36. The zero-order valence-corrected chi connectivity index (χ0v) is 19.1. The van der Waals surface area contributed by atoms with Crippen LogP contribution in [0.15, 0.2) is 12.7 Å². The van der Waals surface area contributed by atoms with Crippen LogP contribution in [-0.2, 0) is 14.2 Å². The fraction of sp³-hybridized carbons (Fsp3) is 0.714. The second-order valence-electron chi connectivity index (χ2n) is 8.88. The molecule has 5 unspecified atom stereocenters. The third kappa shape index (κ3) is 4.90. The zero-order chi connectivity index (χ0) is 22.8. The molecule has 0 radical (unpaired) electrons. The van der Waals surface area contributed by atoms with Gasteiger partial charge in [0.1, 0.15) is 31.2 Å². The summed E-state index contributed by atoms with van der Waals surface area (Å²) in [7, 11) is 0. The number of ether oxygens (including phenoxy) is 3. The fourth-order valence-corrected chi connectivity index (χ4v) is 4.93. The molecule has 4 heterocycles. The minimum atomic E-state index is -1.18. The summed E-state index contributed by atoms with van der Waals surface area (Å²) in [5.41, 5.74) is 1.06. The van der Waals surface area contributed by atoms with E-state index in [1.807, 2.05) is 0 Å². The summed E-state index contributed by atoms with van der Waals surface area (Å²) in [6.07, 6.45) is 5.72. The van der Waals surface area contributed by atoms with Crippen molar-refractivity contribution in [2.75, 3.05) is 25.1 Å². The minimum Gasteiger partial charge on any atom is -0.468 e. The van der Waals surface area contributed by atoms with Gasteiger partial charge in [0, 0.05) is 12.6 Å². The van der Waals surface area contributed by atoms with Gasteiger partial charge in [-0.15, -0.1) is 0 Å². The van der Waals surface area contributed by atoms with Crippen LogP contribution in [0.5, 0.6) is 0 Å². The SMILES string of the molecule is OC1C(COC(=S)NC2CCCCC2)OC(n2cnc3c(NC4CCOC4)ncnc32)C1O. The molecule has 2 aliphatic heterocycles. The lowest BCUT2D eigenvalue weighted by molar-refractivity contribution is -0.0492. The number of anilines is 1. The molecule has 11 nitrogen and oxygen atoms in total. The highest BCUT2D eigenvalue weighted by Crippen LogP contribution is 2.32. The Morgan fingerprint density at radius 3 is 2.76 bits per heavy atom. The van der Waals surface area contributed by atoms with E-state index in [1.54, 1.807) is 4.57 Å². The third-order valence-corrected chi connectivity index (χ3v) is 6.78. The summed E-state index contributed by atoms with van der Waals surface area (Å²) in [5.74, 6) is 0.598. The highest BCUT2D eigenvalue weighted by Gasteiger charge is 2.45. The summed E-state index contributed by atoms with van der Waals surface area (Å²) < 4.78 is 18.6. The summed E-state index contributed by atoms with van der Waals surface area (Å²) in [5, 5.41) is 28.1. The molecule has 0 spiro atoms. The van der Waals surface area contributed by atoms with E-state index in [9.17, 15) is 10.2 Å². The maximum atomic E-state index is 10.7. The number of rotatable bonds is 6. The van der Waals surface area contributed by atoms with Crippen LogP contribution >= 0.6 is 12.2 Å². The Kier molecular flexibility index (Phi) is 6.88. The molecule has 0 bridgehead atoms. The molecule has 3 aliphatic rings. The molecule has 5 rings (SSSR count). The first kappa shape index (κ1) is 22.7. The first-order valence-corrected chi connectivity index (χ1v) is 12.0. The molecule has 1 aliphatic carbocycles. The second-order valence-corrected chi connectivity index (χ2v) is 9.25. The predicted molar refractivity (Wildman–Crippen MR) is 123 cm³/mol. The van der Waals surface area contributed by atoms with Gasteiger partial charge in [-0.05, 0) is 31.5 Å². The Bertz CT molecular complexity index is 964. The molecule has 33 heavy (non-hydrogen) atoms. The third-order valence-electron chi connectivity index (χ3n) is 6.55. The van der Waals surface area contributed by atoms with Crippen molar-refractivity contribution in [3.63, 3.8) is 0 Å². The van der Waals surface area contributed by atoms with Crippen molar-refractivity contribution in [2.24, 2.45) is 0 Å². The molecule has 2 saturated heterocycles. The van der Waals surface area contributed by atoms with E-state index in [1.165, 1.54) is 31.9 Å². The number of imidazole rings is 1. The van der Waals surface area contributed by atoms with Gasteiger partial charge in [-0.3, -0.25) is 4.57 Å². The topological polar surface area (TPSA) is 136 Å². The zero-order valence-electron chi connectivity index (χ0n) is 18.3. The quantitative estimate of drug-likeness (QED) is 0.440. The van der Waals surface area contributed by atoms with Gasteiger partial charge in [-0.2, -0.15) is 0 Å². The minimum absolute atomic E-state index is 0.0311. The van der Waals surface area contributed by atoms with E-state index >= 15 is 0 Å². The van der Waals surface area contributed by atoms with E-state index in [0.29, 0.717) is 41.4 Å². The Balaban J connectivity index is 1.23. The summed E-state index contributed by atoms with van der Waals surface area (Å²) in [6, 6.07) is 0.491. The number of aliphatic hydroxyl groups is 2. The van der Waals surface area contributed by atoms with Crippen molar-refractivity contribution < 1.29 is 24.4 Å². The first-order chi connectivity index (χ1) is 16.1. The van der Waals surface area contributed by atoms with Crippen molar-refractivity contribution in [2.45, 2.75) is 75.1 Å². The van der Waals surface area contributed by atoms with Crippen molar-refractivity contribution in [1.82, 2.24) is 24.8 Å². The van der Waals surface area contributed by atoms with Crippen LogP contribution in [0.2, 0.25) is 0 Å². The van der Waals surface area contributed by atoms with Gasteiger partial charge in [0.15, 0.2) is 23.2 Å². The number of nitrogens with one attached hydrogen (secondary N) is 2. The maximum absolute atomic E-state index is 10.7. The van der Waals surface area contributed by atoms with Crippen LogP contribution in [0.1, 0.15) is 44.8 Å². The van der Waals surface area contributed by atoms with E-state index in [0.717, 1.165) is 19.3 Å². The van der Waals surface area contributed by atoms with Gasteiger partial charge in [-0.25, -0.2) is 15.0 Å². The highest BCUT2D eigenvalue weighted by atomic mass is 32.1. The van der Waals surface area contributed by atoms with Crippen molar-refractivity contribution in [3.05, 3.63) is 12.7 Å². The lowest BCUT2D eigenvalue weighted by Crippen LogP contribution is -2.39. The molecule has 180 valence electrons. The van der Waals surface area contributed by atoms with Crippen LogP contribution in [0.3, 0.4) is 0 Å². The number of hydrogen-bond acceptors (Lipinski definition) is 10. The molecule has 2 aromatic rings. The molecule has 0 amide bonds. The number of aliphatic hydroxyl groups excluding tert-OH is 2. The smallest absolute Gasteiger partial charge is 0.256 e. The van der Waals surface area contributed by atoms with Crippen molar-refractivity contribution in [1.29, 1.82) is 0 Å². The standard InChI is InChI=1S/C21H30N6O5S/c28-16-14(9-31-21(33)26-12-4-2-1-3-5-12)32-20(17(16)29)27-11-24-15-18(22-10-23-19(15)27)25-13-6-7-30-8-13/h10-14,16-17,20,28-29H,1-9H2,(H,26,33)(H,22,23,25). The normalized spacial score (nSPS) is 30.5. The predicted octanol–water partition coefficient (Wildman–Crippen LogP) is 0.870. The average Bonchev–Trinajstić information content (AvgIpc) is 3.55. The van der Waals surface area contributed by atoms with Crippen molar-refractivity contribution in [3.8, 4) is 0 Å². The van der Waals surface area contributed by atoms with Crippen LogP contribution in [0.25, 0.3) is 11.2 Å². The van der Waals surface area contributed by atoms with E-state index in [4.69, 9.17) is 26.4 Å². The maximum Gasteiger partial charge on any atom is 0.256 e. The Hall–Kier alpha value is -2.12. The van der Waals surface area contributed by atoms with Gasteiger partial charge < -0.3 is 35.1 Å². The summed E-state index contributed by atoms with van der Waals surface area (Å²) in [4.78, 5) is 13.1. The molecule has 1 saturated carbocycles. The van der Waals surface area contributed by atoms with Crippen molar-refractivity contribution >= 4 is 34.4 Å². The van der Waals surface area contributed by atoms with Crippen LogP contribution in [0, 0.1) is 0 Å². The van der Waals surface area contributed by atoms with Gasteiger partial charge >= 0.3 is 0 Å². The van der Waals surface area contributed by atoms with E-state index in [-0.39, 0.29) is 12.6 Å². The molecule has 0 aromatic carbocycles. The monoisotopic (exact) mass is 478 g/mol. The Morgan fingerprint density at radius 2 is 1.97 bits per heavy atom. The largest absolute Gasteiger partial charge is 0.468 e. The summed E-state index contributed by atoms with van der Waals surface area (Å²) >= 11 is 5.30. The van der Waals surface area contributed by atoms with Gasteiger partial charge in [0.2, 0.25) is 0 Å². The van der Waals surface area contributed by atoms with Gasteiger partial charge in [0.25, 0.3) is 5.17 Å². The Morgan fingerprint density at radius 1 is 1.12 bits per heavy atom. The highest BCUT2D eigenvalue weighted by molar-refractivity contribution is 7.80. The molecule has 2 aromatic heterocycles. The molecule has 3 fully saturated rings. The van der Waals surface area contributed by atoms with E-state index < -0.39 is 24.5 Å². The molecule has 4 N–H and O–H groups in total. The van der Waals surface area contributed by atoms with Gasteiger partial charge in [-0.1, -0.05) is 19.3 Å². The second kappa shape index (κ2) is 10.0. The molecule has 12 heteroatoms. The number of fused-ring (bicyclic) bond motifs is 1. The Labute approximate surface area is 196 Å². The average molecular weight is 479 g/mol. The fourth-order valence-electron chi connectivity index (χ4n) is 4.70. The molecule has 5 atom stereocenters. The van der Waals surface area contributed by atoms with Crippen LogP contribution in [0.4, 0.5) is 5.82 Å². The number of hydrogen-bond donors (Lipinski definition) is 4. The lowest BCUT2D eigenvalue weighted by atomic mass is 9.96. The number of thiocarbonyl (C=S) groups is 1. The van der Waals surface area contributed by atoms with Crippen LogP contribution < -0.4 is 10.6 Å². The van der Waals surface area contributed by atoms with Gasteiger partial charge in [0.05, 0.1) is 19.0 Å². The number of aromatic nitrogens is 4. The molecular formula is C21H30N6O5S.